The molecule has 3 N–H and O–H groups in total. The molecule has 0 aromatic carbocycles. The number of carbonyl (C=O) groups excluding carboxylic acids is 1. The fraction of sp³-hybridized carbons (Fsp3) is 0.800. The number of allylic oxidation sites excluding steroid dienone is 1. The molecule has 0 aromatic rings. The van der Waals surface area contributed by atoms with Crippen LogP contribution in [0.25, 0.3) is 0 Å². The molecule has 0 heterocycles. The lowest BCUT2D eigenvalue weighted by atomic mass is 9.45. The van der Waals surface area contributed by atoms with Crippen LogP contribution in [-0.4, -0.2) is 38.8 Å². The number of aliphatic carboxylic acids is 1. The van der Waals surface area contributed by atoms with Crippen LogP contribution in [0.2, 0.25) is 0 Å². The maximum Gasteiger partial charge on any atom is 0.336 e. The average molecular weight is 348 g/mol. The third-order valence-electron chi connectivity index (χ3n) is 8.40. The van der Waals surface area contributed by atoms with E-state index in [0.717, 1.165) is 19.3 Å². The number of rotatable bonds is 1. The Morgan fingerprint density at radius 1 is 1.20 bits per heavy atom. The van der Waals surface area contributed by atoms with Gasteiger partial charge in [-0.1, -0.05) is 19.4 Å². The van der Waals surface area contributed by atoms with Gasteiger partial charge in [0.05, 0.1) is 6.10 Å². The van der Waals surface area contributed by atoms with Gasteiger partial charge in [-0.15, -0.1) is 0 Å². The zero-order valence-corrected chi connectivity index (χ0v) is 15.0. The van der Waals surface area contributed by atoms with E-state index < -0.39 is 23.1 Å². The molecule has 4 rings (SSSR count). The van der Waals surface area contributed by atoms with Gasteiger partial charge in [-0.25, -0.2) is 4.79 Å². The highest BCUT2D eigenvalue weighted by molar-refractivity contribution is 5.91. The fourth-order valence-corrected chi connectivity index (χ4v) is 7.04. The van der Waals surface area contributed by atoms with Crippen LogP contribution in [0.3, 0.4) is 0 Å². The zero-order valence-electron chi connectivity index (χ0n) is 15.0. The van der Waals surface area contributed by atoms with Crippen molar-refractivity contribution in [2.45, 2.75) is 70.5 Å². The predicted octanol–water partition coefficient (Wildman–Crippen LogP) is 2.30. The van der Waals surface area contributed by atoms with Crippen LogP contribution in [0.4, 0.5) is 0 Å². The summed E-state index contributed by atoms with van der Waals surface area (Å²) in [6.45, 7) is 4.03. The molecule has 0 saturated heterocycles. The predicted molar refractivity (Wildman–Crippen MR) is 90.7 cm³/mol. The molecular weight excluding hydrogens is 320 g/mol. The van der Waals surface area contributed by atoms with Gasteiger partial charge in [0.1, 0.15) is 0 Å². The second-order valence-corrected chi connectivity index (χ2v) is 9.28. The number of aliphatic hydroxyl groups is 2. The first-order valence-electron chi connectivity index (χ1n) is 9.51. The molecule has 0 aliphatic heterocycles. The number of carboxylic acids is 1. The molecule has 4 aliphatic rings. The van der Waals surface area contributed by atoms with E-state index in [1.165, 1.54) is 5.57 Å². The van der Waals surface area contributed by atoms with E-state index in [1.54, 1.807) is 6.08 Å². The summed E-state index contributed by atoms with van der Waals surface area (Å²) in [7, 11) is 0. The molecule has 138 valence electrons. The molecule has 0 spiro atoms. The topological polar surface area (TPSA) is 94.8 Å². The SMILES string of the molecule is C[C@]12CCC(=O)C=C1CC[C@@H]1C2[C@@H](O)C[C@@]2(C)[C@H]1CCC2(O)C(=O)O. The maximum atomic E-state index is 11.9. The second kappa shape index (κ2) is 5.17. The average Bonchev–Trinajstić information content (AvgIpc) is 2.80. The van der Waals surface area contributed by atoms with Crippen LogP contribution < -0.4 is 0 Å². The molecule has 3 fully saturated rings. The van der Waals surface area contributed by atoms with Crippen LogP contribution in [0.15, 0.2) is 11.6 Å². The summed E-state index contributed by atoms with van der Waals surface area (Å²) < 4.78 is 0. The molecule has 7 atom stereocenters. The zero-order chi connectivity index (χ0) is 18.2. The van der Waals surface area contributed by atoms with E-state index in [1.807, 2.05) is 6.92 Å². The van der Waals surface area contributed by atoms with Crippen molar-refractivity contribution in [3.8, 4) is 0 Å². The summed E-state index contributed by atoms with van der Waals surface area (Å²) in [6, 6.07) is 0. The molecule has 25 heavy (non-hydrogen) atoms. The maximum absolute atomic E-state index is 11.9. The van der Waals surface area contributed by atoms with E-state index >= 15 is 0 Å². The van der Waals surface area contributed by atoms with Crippen LogP contribution in [0.1, 0.15) is 58.8 Å². The van der Waals surface area contributed by atoms with Crippen molar-refractivity contribution in [1.82, 2.24) is 0 Å². The second-order valence-electron chi connectivity index (χ2n) is 9.28. The Bertz CT molecular complexity index is 669. The number of fused-ring (bicyclic) bond motifs is 5. The van der Waals surface area contributed by atoms with Crippen molar-refractivity contribution in [2.24, 2.45) is 28.6 Å². The van der Waals surface area contributed by atoms with Gasteiger partial charge in [0.25, 0.3) is 0 Å². The van der Waals surface area contributed by atoms with Crippen molar-refractivity contribution in [3.05, 3.63) is 11.6 Å². The summed E-state index contributed by atoms with van der Waals surface area (Å²) in [5, 5.41) is 31.6. The number of carboxylic acid groups (broad SMARTS) is 1. The van der Waals surface area contributed by atoms with Crippen molar-refractivity contribution in [2.75, 3.05) is 0 Å². The number of carbonyl (C=O) groups is 2. The van der Waals surface area contributed by atoms with E-state index in [0.29, 0.717) is 19.3 Å². The molecule has 0 amide bonds. The van der Waals surface area contributed by atoms with Gasteiger partial charge in [0.2, 0.25) is 0 Å². The summed E-state index contributed by atoms with van der Waals surface area (Å²) in [5.74, 6) is -0.610. The number of ketones is 1. The van der Waals surface area contributed by atoms with E-state index in [-0.39, 0.29) is 35.4 Å². The largest absolute Gasteiger partial charge is 0.479 e. The highest BCUT2D eigenvalue weighted by atomic mass is 16.4. The Hall–Kier alpha value is -1.20. The van der Waals surface area contributed by atoms with Crippen molar-refractivity contribution in [1.29, 1.82) is 0 Å². The lowest BCUT2D eigenvalue weighted by molar-refractivity contribution is -0.194. The monoisotopic (exact) mass is 348 g/mol. The van der Waals surface area contributed by atoms with E-state index in [4.69, 9.17) is 0 Å². The number of hydrogen-bond acceptors (Lipinski definition) is 4. The Labute approximate surface area is 148 Å². The molecule has 0 bridgehead atoms. The molecule has 3 saturated carbocycles. The molecule has 0 radical (unpaired) electrons. The van der Waals surface area contributed by atoms with E-state index in [2.05, 4.69) is 6.92 Å². The third-order valence-corrected chi connectivity index (χ3v) is 8.40. The molecule has 2 unspecified atom stereocenters. The Balaban J connectivity index is 1.75. The van der Waals surface area contributed by atoms with Gasteiger partial charge in [0.15, 0.2) is 11.4 Å². The molecular formula is C20H28O5. The van der Waals surface area contributed by atoms with Gasteiger partial charge in [-0.2, -0.15) is 0 Å². The van der Waals surface area contributed by atoms with Gasteiger partial charge < -0.3 is 15.3 Å². The first-order chi connectivity index (χ1) is 11.6. The lowest BCUT2D eigenvalue weighted by Gasteiger charge is -2.60. The number of hydrogen-bond donors (Lipinski definition) is 3. The Morgan fingerprint density at radius 3 is 2.60 bits per heavy atom. The minimum atomic E-state index is -1.75. The minimum absolute atomic E-state index is 0.0508. The van der Waals surface area contributed by atoms with Crippen LogP contribution >= 0.6 is 0 Å². The summed E-state index contributed by atoms with van der Waals surface area (Å²) >= 11 is 0. The van der Waals surface area contributed by atoms with Gasteiger partial charge in [-0.3, -0.25) is 4.79 Å². The van der Waals surface area contributed by atoms with Crippen molar-refractivity contribution < 1.29 is 24.9 Å². The summed E-state index contributed by atoms with van der Waals surface area (Å²) in [5.41, 5.74) is -1.55. The van der Waals surface area contributed by atoms with Gasteiger partial charge in [-0.05, 0) is 67.8 Å². The quantitative estimate of drug-likeness (QED) is 0.676. The first kappa shape index (κ1) is 17.2. The smallest absolute Gasteiger partial charge is 0.336 e. The van der Waals surface area contributed by atoms with Crippen LogP contribution in [-0.2, 0) is 9.59 Å². The molecule has 5 heteroatoms. The third kappa shape index (κ3) is 2.02. The summed E-state index contributed by atoms with van der Waals surface area (Å²) in [4.78, 5) is 23.7. The molecule has 5 nitrogen and oxygen atoms in total. The van der Waals surface area contributed by atoms with Gasteiger partial charge >= 0.3 is 5.97 Å². The lowest BCUT2D eigenvalue weighted by Crippen LogP contribution is -2.61. The fourth-order valence-electron chi connectivity index (χ4n) is 7.04. The standard InChI is InChI=1S/C20H28O5/c1-18-7-5-12(21)9-11(18)3-4-13-14-6-8-20(25,17(23)24)19(14,2)10-15(22)16(13)18/h9,13-16,22,25H,3-8,10H2,1-2H3,(H,23,24)/t13-,14-,15-,16?,18-,19-,20?/m0/s1. The van der Waals surface area contributed by atoms with Crippen molar-refractivity contribution in [3.63, 3.8) is 0 Å². The highest BCUT2D eigenvalue weighted by Gasteiger charge is 2.68. The summed E-state index contributed by atoms with van der Waals surface area (Å²) in [6.07, 6.45) is 5.43. The Kier molecular flexibility index (Phi) is 3.56. The van der Waals surface area contributed by atoms with Crippen molar-refractivity contribution >= 4 is 11.8 Å². The van der Waals surface area contributed by atoms with Gasteiger partial charge in [0, 0.05) is 11.8 Å². The molecule has 4 aliphatic carbocycles. The first-order valence-corrected chi connectivity index (χ1v) is 9.51. The van der Waals surface area contributed by atoms with Crippen LogP contribution in [0, 0.1) is 28.6 Å². The highest BCUT2D eigenvalue weighted by Crippen LogP contribution is 2.67. The van der Waals surface area contributed by atoms with E-state index in [9.17, 15) is 24.9 Å². The normalized spacial score (nSPS) is 52.0. The number of aliphatic hydroxyl groups excluding tert-OH is 1. The Morgan fingerprint density at radius 2 is 1.92 bits per heavy atom. The molecule has 0 aromatic heterocycles. The minimum Gasteiger partial charge on any atom is -0.479 e. The van der Waals surface area contributed by atoms with Crippen LogP contribution in [0.5, 0.6) is 0 Å².